The molecule has 0 unspecified atom stereocenters. The average molecular weight is 400 g/mol. The van der Waals surface area contributed by atoms with Crippen LogP contribution in [0.5, 0.6) is 0 Å². The van der Waals surface area contributed by atoms with Crippen molar-refractivity contribution in [2.75, 3.05) is 10.6 Å². The predicted octanol–water partition coefficient (Wildman–Crippen LogP) is 4.22. The number of nitrogens with two attached hydrogens (primary N) is 1. The van der Waals surface area contributed by atoms with Gasteiger partial charge in [-0.3, -0.25) is 0 Å². The molecule has 0 spiro atoms. The molecule has 0 atom stereocenters. The molecular formula is C23H25N7. The molecule has 3 aromatic heterocycles. The number of benzene rings is 1. The zero-order valence-corrected chi connectivity index (χ0v) is 16.7. The molecule has 1 fully saturated rings. The minimum Gasteiger partial charge on any atom is -0.366 e. The Morgan fingerprint density at radius 3 is 2.50 bits per heavy atom. The molecule has 1 aliphatic carbocycles. The fourth-order valence-corrected chi connectivity index (χ4v) is 3.96. The molecule has 0 saturated heterocycles. The van der Waals surface area contributed by atoms with E-state index in [4.69, 9.17) is 5.73 Å². The fraction of sp³-hybridized carbons (Fsp3) is 0.261. The Kier molecular flexibility index (Phi) is 5.03. The number of hydrogen-bond donors (Lipinski definition) is 3. The molecule has 7 heteroatoms. The van der Waals surface area contributed by atoms with Crippen LogP contribution in [0.25, 0.3) is 16.8 Å². The van der Waals surface area contributed by atoms with Crippen molar-refractivity contribution in [3.8, 4) is 11.1 Å². The smallest absolute Gasteiger partial charge is 0.177 e. The van der Waals surface area contributed by atoms with E-state index in [1.54, 1.807) is 10.7 Å². The van der Waals surface area contributed by atoms with Crippen molar-refractivity contribution in [1.29, 1.82) is 0 Å². The molecule has 0 bridgehead atoms. The Hall–Kier alpha value is -3.45. The van der Waals surface area contributed by atoms with Crippen molar-refractivity contribution in [3.05, 3.63) is 67.1 Å². The molecule has 152 valence electrons. The van der Waals surface area contributed by atoms with E-state index in [1.165, 1.54) is 0 Å². The molecule has 1 saturated carbocycles. The van der Waals surface area contributed by atoms with Gasteiger partial charge in [-0.05, 0) is 43.4 Å². The van der Waals surface area contributed by atoms with E-state index in [1.807, 2.05) is 42.7 Å². The van der Waals surface area contributed by atoms with Crippen LogP contribution in [0.2, 0.25) is 0 Å². The van der Waals surface area contributed by atoms with Gasteiger partial charge in [0.2, 0.25) is 0 Å². The summed E-state index contributed by atoms with van der Waals surface area (Å²) in [4.78, 5) is 9.04. The zero-order chi connectivity index (χ0) is 20.3. The molecule has 5 rings (SSSR count). The molecule has 4 aromatic rings. The first-order valence-corrected chi connectivity index (χ1v) is 10.4. The summed E-state index contributed by atoms with van der Waals surface area (Å²) in [5.74, 6) is 1.59. The van der Waals surface area contributed by atoms with Crippen LogP contribution < -0.4 is 16.4 Å². The monoisotopic (exact) mass is 399 g/mol. The Balaban J connectivity index is 1.38. The van der Waals surface area contributed by atoms with Crippen molar-refractivity contribution >= 4 is 23.0 Å². The maximum Gasteiger partial charge on any atom is 0.177 e. The van der Waals surface area contributed by atoms with Gasteiger partial charge in [0.1, 0.15) is 11.6 Å². The third kappa shape index (κ3) is 3.97. The van der Waals surface area contributed by atoms with Gasteiger partial charge in [-0.1, -0.05) is 30.3 Å². The van der Waals surface area contributed by atoms with Crippen LogP contribution in [0.4, 0.5) is 17.3 Å². The number of aromatic nitrogens is 4. The van der Waals surface area contributed by atoms with Crippen molar-refractivity contribution in [2.24, 2.45) is 5.73 Å². The summed E-state index contributed by atoms with van der Waals surface area (Å²) >= 11 is 0. The molecule has 4 N–H and O–H groups in total. The van der Waals surface area contributed by atoms with Gasteiger partial charge in [0.15, 0.2) is 5.65 Å². The molecule has 0 amide bonds. The van der Waals surface area contributed by atoms with Crippen molar-refractivity contribution in [2.45, 2.75) is 37.8 Å². The highest BCUT2D eigenvalue weighted by atomic mass is 15.3. The van der Waals surface area contributed by atoms with Gasteiger partial charge >= 0.3 is 0 Å². The first-order valence-electron chi connectivity index (χ1n) is 10.4. The lowest BCUT2D eigenvalue weighted by molar-refractivity contribution is 0.410. The standard InChI is InChI=1S/C23H25N7/c24-18-7-9-19(10-8-18)27-22-14-20(23-25-12-13-30(23)29-22)28-21-11-6-17(15-26-21)16-4-2-1-3-5-16/h1-6,11-15,18-19H,7-10,24H2,(H,26,28)(H,27,29). The van der Waals surface area contributed by atoms with E-state index in [9.17, 15) is 0 Å². The molecule has 0 aliphatic heterocycles. The summed E-state index contributed by atoms with van der Waals surface area (Å²) in [5.41, 5.74) is 9.90. The maximum absolute atomic E-state index is 6.04. The van der Waals surface area contributed by atoms with E-state index in [-0.39, 0.29) is 0 Å². The highest BCUT2D eigenvalue weighted by molar-refractivity contribution is 5.75. The van der Waals surface area contributed by atoms with Crippen molar-refractivity contribution in [3.63, 3.8) is 0 Å². The van der Waals surface area contributed by atoms with E-state index >= 15 is 0 Å². The molecular weight excluding hydrogens is 374 g/mol. The highest BCUT2D eigenvalue weighted by Gasteiger charge is 2.19. The van der Waals surface area contributed by atoms with E-state index in [2.05, 4.69) is 43.9 Å². The minimum absolute atomic E-state index is 0.328. The Labute approximate surface area is 175 Å². The number of imidazole rings is 1. The number of pyridine rings is 1. The summed E-state index contributed by atoms with van der Waals surface area (Å²) < 4.78 is 1.79. The van der Waals surface area contributed by atoms with E-state index < -0.39 is 0 Å². The Morgan fingerprint density at radius 2 is 1.73 bits per heavy atom. The van der Waals surface area contributed by atoms with Crippen LogP contribution in [0, 0.1) is 0 Å². The minimum atomic E-state index is 0.328. The van der Waals surface area contributed by atoms with Crippen LogP contribution >= 0.6 is 0 Å². The Bertz CT molecular complexity index is 1110. The van der Waals surface area contributed by atoms with Gasteiger partial charge in [0.25, 0.3) is 0 Å². The number of nitrogens with one attached hydrogen (secondary N) is 2. The van der Waals surface area contributed by atoms with Gasteiger partial charge in [0.05, 0.1) is 5.69 Å². The highest BCUT2D eigenvalue weighted by Crippen LogP contribution is 2.26. The van der Waals surface area contributed by atoms with Crippen molar-refractivity contribution in [1.82, 2.24) is 19.6 Å². The second kappa shape index (κ2) is 8.12. The summed E-state index contributed by atoms with van der Waals surface area (Å²) in [6.07, 6.45) is 9.72. The van der Waals surface area contributed by atoms with Crippen LogP contribution in [0.3, 0.4) is 0 Å². The molecule has 30 heavy (non-hydrogen) atoms. The largest absolute Gasteiger partial charge is 0.366 e. The summed E-state index contributed by atoms with van der Waals surface area (Å²) in [7, 11) is 0. The van der Waals surface area contributed by atoms with Gasteiger partial charge in [-0.15, -0.1) is 5.10 Å². The van der Waals surface area contributed by atoms with Gasteiger partial charge in [-0.25, -0.2) is 14.5 Å². The zero-order valence-electron chi connectivity index (χ0n) is 16.7. The predicted molar refractivity (Wildman–Crippen MR) is 120 cm³/mol. The van der Waals surface area contributed by atoms with Crippen LogP contribution in [-0.4, -0.2) is 31.7 Å². The lowest BCUT2D eigenvalue weighted by Crippen LogP contribution is -2.33. The molecule has 1 aromatic carbocycles. The molecule has 7 nitrogen and oxygen atoms in total. The molecule has 1 aliphatic rings. The van der Waals surface area contributed by atoms with Crippen LogP contribution in [0.15, 0.2) is 67.1 Å². The SMILES string of the molecule is NC1CCC(Nc2cc(Nc3ccc(-c4ccccc4)cn3)c3nccn3n2)CC1. The van der Waals surface area contributed by atoms with E-state index in [0.29, 0.717) is 12.1 Å². The fourth-order valence-electron chi connectivity index (χ4n) is 3.96. The Morgan fingerprint density at radius 1 is 0.900 bits per heavy atom. The number of nitrogens with zero attached hydrogens (tertiary/aromatic N) is 4. The first kappa shape index (κ1) is 18.6. The van der Waals surface area contributed by atoms with Gasteiger partial charge in [-0.2, -0.15) is 0 Å². The normalized spacial score (nSPS) is 19.0. The second-order valence-electron chi connectivity index (χ2n) is 7.82. The number of hydrogen-bond acceptors (Lipinski definition) is 6. The average Bonchev–Trinajstić information content (AvgIpc) is 3.26. The topological polar surface area (TPSA) is 93.2 Å². The third-order valence-corrected chi connectivity index (χ3v) is 5.62. The number of fused-ring (bicyclic) bond motifs is 1. The van der Waals surface area contributed by atoms with E-state index in [0.717, 1.165) is 59.8 Å². The van der Waals surface area contributed by atoms with Crippen LogP contribution in [-0.2, 0) is 0 Å². The second-order valence-corrected chi connectivity index (χ2v) is 7.82. The quantitative estimate of drug-likeness (QED) is 0.465. The lowest BCUT2D eigenvalue weighted by Gasteiger charge is -2.27. The van der Waals surface area contributed by atoms with Gasteiger partial charge in [0, 0.05) is 42.3 Å². The number of anilines is 3. The molecule has 0 radical (unpaired) electrons. The number of rotatable bonds is 5. The summed E-state index contributed by atoms with van der Waals surface area (Å²) in [6, 6.07) is 17.0. The van der Waals surface area contributed by atoms with Gasteiger partial charge < -0.3 is 16.4 Å². The van der Waals surface area contributed by atoms with Crippen LogP contribution in [0.1, 0.15) is 25.7 Å². The summed E-state index contributed by atoms with van der Waals surface area (Å²) in [6.45, 7) is 0. The lowest BCUT2D eigenvalue weighted by atomic mass is 9.92. The van der Waals surface area contributed by atoms with Crippen molar-refractivity contribution < 1.29 is 0 Å². The summed E-state index contributed by atoms with van der Waals surface area (Å²) in [5, 5.41) is 11.6. The third-order valence-electron chi connectivity index (χ3n) is 5.62. The first-order chi connectivity index (χ1) is 14.7. The maximum atomic E-state index is 6.04. The molecule has 3 heterocycles.